The summed E-state index contributed by atoms with van der Waals surface area (Å²) in [5.41, 5.74) is 0.775. The summed E-state index contributed by atoms with van der Waals surface area (Å²) in [5, 5.41) is 0.977. The zero-order chi connectivity index (χ0) is 16.2. The number of hydrogen-bond acceptors (Lipinski definition) is 6. The lowest BCUT2D eigenvalue weighted by molar-refractivity contribution is 0.193. The van der Waals surface area contributed by atoms with Crippen LogP contribution in [0.4, 0.5) is 5.82 Å². The van der Waals surface area contributed by atoms with Crippen LogP contribution in [0.5, 0.6) is 11.5 Å². The van der Waals surface area contributed by atoms with E-state index in [0.717, 1.165) is 49.3 Å². The van der Waals surface area contributed by atoms with E-state index in [9.17, 15) is 0 Å². The Morgan fingerprint density at radius 3 is 2.78 bits per heavy atom. The Balaban J connectivity index is 2.12. The Labute approximate surface area is 136 Å². The second kappa shape index (κ2) is 7.00. The maximum Gasteiger partial charge on any atom is 0.187 e. The second-order valence-electron chi connectivity index (χ2n) is 5.61. The molecule has 124 valence electrons. The van der Waals surface area contributed by atoms with Crippen LogP contribution in [0.2, 0.25) is 0 Å². The molecule has 0 amide bonds. The van der Waals surface area contributed by atoms with E-state index in [1.54, 1.807) is 20.5 Å². The number of rotatable bonds is 6. The van der Waals surface area contributed by atoms with Crippen LogP contribution in [0.3, 0.4) is 0 Å². The Morgan fingerprint density at radius 2 is 2.13 bits per heavy atom. The standard InChI is InChI=1S/C17H23N3O3/c1-4-8-20(12-7-9-23-10-12)17-13-5-6-14(21-2)16(22-3)15(13)18-11-19-17/h5-6,11-12H,4,7-10H2,1-3H3/t12-/m1/s1. The van der Waals surface area contributed by atoms with Crippen LogP contribution in [0.25, 0.3) is 10.9 Å². The van der Waals surface area contributed by atoms with Crippen molar-refractivity contribution in [1.29, 1.82) is 0 Å². The third kappa shape index (κ3) is 2.91. The summed E-state index contributed by atoms with van der Waals surface area (Å²) >= 11 is 0. The molecule has 2 heterocycles. The molecule has 0 bridgehead atoms. The molecule has 23 heavy (non-hydrogen) atoms. The van der Waals surface area contributed by atoms with Gasteiger partial charge in [0, 0.05) is 18.5 Å². The molecule has 0 spiro atoms. The highest BCUT2D eigenvalue weighted by molar-refractivity contribution is 5.95. The fraction of sp³-hybridized carbons (Fsp3) is 0.529. The van der Waals surface area contributed by atoms with Crippen LogP contribution >= 0.6 is 0 Å². The summed E-state index contributed by atoms with van der Waals surface area (Å²) in [6.07, 6.45) is 3.67. The fourth-order valence-corrected chi connectivity index (χ4v) is 3.13. The minimum atomic E-state index is 0.362. The van der Waals surface area contributed by atoms with E-state index in [0.29, 0.717) is 17.5 Å². The van der Waals surface area contributed by atoms with Gasteiger partial charge in [-0.25, -0.2) is 9.97 Å². The van der Waals surface area contributed by atoms with Gasteiger partial charge in [-0.05, 0) is 25.0 Å². The van der Waals surface area contributed by atoms with E-state index in [1.807, 2.05) is 12.1 Å². The summed E-state index contributed by atoms with van der Waals surface area (Å²) in [6.45, 7) is 4.67. The van der Waals surface area contributed by atoms with E-state index in [2.05, 4.69) is 21.8 Å². The lowest BCUT2D eigenvalue weighted by Gasteiger charge is -2.29. The number of fused-ring (bicyclic) bond motifs is 1. The molecule has 1 aromatic carbocycles. The van der Waals surface area contributed by atoms with Crippen molar-refractivity contribution >= 4 is 16.7 Å². The molecule has 1 aromatic heterocycles. The topological polar surface area (TPSA) is 56.7 Å². The van der Waals surface area contributed by atoms with Crippen LogP contribution in [0, 0.1) is 0 Å². The number of nitrogens with zero attached hydrogens (tertiary/aromatic N) is 3. The van der Waals surface area contributed by atoms with Gasteiger partial charge >= 0.3 is 0 Å². The highest BCUT2D eigenvalue weighted by Gasteiger charge is 2.26. The zero-order valence-corrected chi connectivity index (χ0v) is 13.9. The third-order valence-electron chi connectivity index (χ3n) is 4.21. The molecular formula is C17H23N3O3. The van der Waals surface area contributed by atoms with Gasteiger partial charge in [-0.1, -0.05) is 6.92 Å². The Kier molecular flexibility index (Phi) is 4.81. The highest BCUT2D eigenvalue weighted by Crippen LogP contribution is 2.37. The minimum Gasteiger partial charge on any atom is -0.493 e. The molecule has 2 aromatic rings. The van der Waals surface area contributed by atoms with Crippen LogP contribution in [0.15, 0.2) is 18.5 Å². The average Bonchev–Trinajstić information content (AvgIpc) is 3.12. The van der Waals surface area contributed by atoms with Crippen molar-refractivity contribution in [2.24, 2.45) is 0 Å². The van der Waals surface area contributed by atoms with E-state index < -0.39 is 0 Å². The van der Waals surface area contributed by atoms with Gasteiger partial charge in [0.05, 0.1) is 26.9 Å². The van der Waals surface area contributed by atoms with Gasteiger partial charge in [-0.15, -0.1) is 0 Å². The minimum absolute atomic E-state index is 0.362. The molecule has 1 atom stereocenters. The molecule has 1 saturated heterocycles. The Morgan fingerprint density at radius 1 is 1.26 bits per heavy atom. The number of methoxy groups -OCH3 is 2. The normalized spacial score (nSPS) is 17.4. The van der Waals surface area contributed by atoms with Gasteiger partial charge in [0.15, 0.2) is 11.5 Å². The van der Waals surface area contributed by atoms with Crippen molar-refractivity contribution < 1.29 is 14.2 Å². The lowest BCUT2D eigenvalue weighted by atomic mass is 10.1. The quantitative estimate of drug-likeness (QED) is 0.816. The van der Waals surface area contributed by atoms with E-state index in [-0.39, 0.29) is 0 Å². The summed E-state index contributed by atoms with van der Waals surface area (Å²) in [6, 6.07) is 4.27. The van der Waals surface area contributed by atoms with Crippen molar-refractivity contribution in [3.05, 3.63) is 18.5 Å². The molecule has 1 fully saturated rings. The third-order valence-corrected chi connectivity index (χ3v) is 4.21. The first kappa shape index (κ1) is 15.8. The average molecular weight is 317 g/mol. The summed E-state index contributed by atoms with van der Waals surface area (Å²) in [7, 11) is 3.26. The SMILES string of the molecule is CCCN(c1ncnc2c(OC)c(OC)ccc12)[C@@H]1CCOC1. The van der Waals surface area contributed by atoms with Crippen LogP contribution < -0.4 is 14.4 Å². The number of aromatic nitrogens is 2. The molecule has 3 rings (SSSR count). The predicted molar refractivity (Wildman–Crippen MR) is 89.5 cm³/mol. The number of ether oxygens (including phenoxy) is 3. The van der Waals surface area contributed by atoms with Crippen molar-refractivity contribution in [1.82, 2.24) is 9.97 Å². The lowest BCUT2D eigenvalue weighted by Crippen LogP contribution is -2.37. The molecule has 6 nitrogen and oxygen atoms in total. The number of hydrogen-bond donors (Lipinski definition) is 0. The van der Waals surface area contributed by atoms with Crippen LogP contribution in [-0.2, 0) is 4.74 Å². The molecule has 0 saturated carbocycles. The van der Waals surface area contributed by atoms with Crippen molar-refractivity contribution in [3.63, 3.8) is 0 Å². The molecular weight excluding hydrogens is 294 g/mol. The van der Waals surface area contributed by atoms with Gasteiger partial charge in [0.2, 0.25) is 0 Å². The maximum absolute atomic E-state index is 5.57. The van der Waals surface area contributed by atoms with Crippen molar-refractivity contribution in [2.45, 2.75) is 25.8 Å². The first-order valence-electron chi connectivity index (χ1n) is 8.00. The molecule has 0 N–H and O–H groups in total. The smallest absolute Gasteiger partial charge is 0.187 e. The maximum atomic E-state index is 5.57. The zero-order valence-electron chi connectivity index (χ0n) is 13.9. The van der Waals surface area contributed by atoms with Gasteiger partial charge < -0.3 is 19.1 Å². The Bertz CT molecular complexity index is 671. The largest absolute Gasteiger partial charge is 0.493 e. The predicted octanol–water partition coefficient (Wildman–Crippen LogP) is 2.65. The van der Waals surface area contributed by atoms with E-state index >= 15 is 0 Å². The number of anilines is 1. The van der Waals surface area contributed by atoms with Gasteiger partial charge in [-0.3, -0.25) is 0 Å². The first-order valence-corrected chi connectivity index (χ1v) is 8.00. The molecule has 1 aliphatic heterocycles. The molecule has 1 aliphatic rings. The van der Waals surface area contributed by atoms with Gasteiger partial charge in [0.1, 0.15) is 17.7 Å². The monoisotopic (exact) mass is 317 g/mol. The van der Waals surface area contributed by atoms with E-state index in [1.165, 1.54) is 0 Å². The van der Waals surface area contributed by atoms with Gasteiger partial charge in [0.25, 0.3) is 0 Å². The van der Waals surface area contributed by atoms with Crippen LogP contribution in [0.1, 0.15) is 19.8 Å². The summed E-state index contributed by atoms with van der Waals surface area (Å²) in [4.78, 5) is 11.3. The summed E-state index contributed by atoms with van der Waals surface area (Å²) in [5.74, 6) is 2.26. The highest BCUT2D eigenvalue weighted by atomic mass is 16.5. The molecule has 0 radical (unpaired) electrons. The van der Waals surface area contributed by atoms with Crippen LogP contribution in [-0.4, -0.2) is 50.0 Å². The fourth-order valence-electron chi connectivity index (χ4n) is 3.13. The molecule has 6 heteroatoms. The van der Waals surface area contributed by atoms with Gasteiger partial charge in [-0.2, -0.15) is 0 Å². The van der Waals surface area contributed by atoms with Crippen molar-refractivity contribution in [2.75, 3.05) is 38.9 Å². The first-order chi connectivity index (χ1) is 11.3. The Hall–Kier alpha value is -2.08. The molecule has 0 unspecified atom stereocenters. The number of benzene rings is 1. The van der Waals surface area contributed by atoms with Crippen molar-refractivity contribution in [3.8, 4) is 11.5 Å². The molecule has 0 aliphatic carbocycles. The second-order valence-corrected chi connectivity index (χ2v) is 5.61. The van der Waals surface area contributed by atoms with E-state index in [4.69, 9.17) is 14.2 Å². The summed E-state index contributed by atoms with van der Waals surface area (Å²) < 4.78 is 16.5.